The Morgan fingerprint density at radius 1 is 1.53 bits per heavy atom. The summed E-state index contributed by atoms with van der Waals surface area (Å²) in [7, 11) is 0. The van der Waals surface area contributed by atoms with Crippen molar-refractivity contribution in [2.75, 3.05) is 18.0 Å². The van der Waals surface area contributed by atoms with Gasteiger partial charge >= 0.3 is 5.97 Å². The van der Waals surface area contributed by atoms with E-state index < -0.39 is 16.8 Å². The molecule has 0 aromatic heterocycles. The number of benzene rings is 1. The van der Waals surface area contributed by atoms with Crippen molar-refractivity contribution in [1.82, 2.24) is 0 Å². The molecule has 1 aromatic carbocycles. The normalized spacial score (nSPS) is 15.5. The Hall–Kier alpha value is -2.11. The molecule has 0 aliphatic carbocycles. The molecule has 1 saturated heterocycles. The van der Waals surface area contributed by atoms with Gasteiger partial charge in [0.15, 0.2) is 0 Å². The van der Waals surface area contributed by atoms with Gasteiger partial charge in [-0.1, -0.05) is 12.1 Å². The topological polar surface area (TPSA) is 83.7 Å². The number of nitro benzene ring substituents is 1. The fraction of sp³-hybridized carbons (Fsp3) is 0.364. The van der Waals surface area contributed by atoms with Crippen LogP contribution in [0.2, 0.25) is 0 Å². The minimum Gasteiger partial charge on any atom is -0.481 e. The van der Waals surface area contributed by atoms with Crippen molar-refractivity contribution in [2.24, 2.45) is 5.92 Å². The minimum atomic E-state index is -0.850. The first-order valence-corrected chi connectivity index (χ1v) is 5.22. The second-order valence-corrected chi connectivity index (χ2v) is 4.14. The Bertz CT molecular complexity index is 480. The molecule has 1 aliphatic heterocycles. The first-order chi connectivity index (χ1) is 8.00. The van der Waals surface area contributed by atoms with Crippen LogP contribution < -0.4 is 4.90 Å². The standard InChI is InChI=1S/C11H12N2O4/c1-7-3-2-4-9(10(7)13(16)17)12-5-8(6-12)11(14)15/h2-4,8H,5-6H2,1H3,(H,14,15). The Morgan fingerprint density at radius 3 is 2.71 bits per heavy atom. The number of aryl methyl sites for hydroxylation is 1. The fourth-order valence-electron chi connectivity index (χ4n) is 1.97. The number of aliphatic carboxylic acids is 1. The molecule has 0 radical (unpaired) electrons. The highest BCUT2D eigenvalue weighted by atomic mass is 16.6. The van der Waals surface area contributed by atoms with Crippen molar-refractivity contribution in [2.45, 2.75) is 6.92 Å². The zero-order valence-corrected chi connectivity index (χ0v) is 9.29. The highest BCUT2D eigenvalue weighted by Crippen LogP contribution is 2.35. The van der Waals surface area contributed by atoms with Crippen LogP contribution >= 0.6 is 0 Å². The highest BCUT2D eigenvalue weighted by Gasteiger charge is 2.36. The molecule has 1 heterocycles. The van der Waals surface area contributed by atoms with Gasteiger partial charge in [-0.25, -0.2) is 0 Å². The molecule has 0 saturated carbocycles. The number of carboxylic acid groups (broad SMARTS) is 1. The van der Waals surface area contributed by atoms with Crippen molar-refractivity contribution in [1.29, 1.82) is 0 Å². The summed E-state index contributed by atoms with van der Waals surface area (Å²) in [6.07, 6.45) is 0. The number of hydrogen-bond donors (Lipinski definition) is 1. The molecule has 0 amide bonds. The minimum absolute atomic E-state index is 0.0661. The first kappa shape index (κ1) is 11.4. The van der Waals surface area contributed by atoms with Gasteiger partial charge in [-0.05, 0) is 13.0 Å². The van der Waals surface area contributed by atoms with Crippen LogP contribution in [0.25, 0.3) is 0 Å². The molecule has 17 heavy (non-hydrogen) atoms. The molecule has 1 aromatic rings. The number of carboxylic acids is 1. The predicted octanol–water partition coefficient (Wildman–Crippen LogP) is 1.42. The number of nitro groups is 1. The van der Waals surface area contributed by atoms with Crippen molar-refractivity contribution in [3.63, 3.8) is 0 Å². The Morgan fingerprint density at radius 2 is 2.18 bits per heavy atom. The molecule has 6 heteroatoms. The number of anilines is 1. The number of rotatable bonds is 3. The van der Waals surface area contributed by atoms with Gasteiger partial charge in [-0.2, -0.15) is 0 Å². The lowest BCUT2D eigenvalue weighted by Gasteiger charge is -2.38. The molecule has 0 atom stereocenters. The Balaban J connectivity index is 2.26. The summed E-state index contributed by atoms with van der Waals surface area (Å²) in [5.74, 6) is -1.27. The lowest BCUT2D eigenvalue weighted by molar-refractivity contribution is -0.384. The molecule has 1 N–H and O–H groups in total. The van der Waals surface area contributed by atoms with Crippen LogP contribution in [0.1, 0.15) is 5.56 Å². The van der Waals surface area contributed by atoms with Gasteiger partial charge < -0.3 is 10.0 Å². The monoisotopic (exact) mass is 236 g/mol. The smallest absolute Gasteiger partial charge is 0.310 e. The largest absolute Gasteiger partial charge is 0.481 e. The molecular weight excluding hydrogens is 224 g/mol. The summed E-state index contributed by atoms with van der Waals surface area (Å²) in [6, 6.07) is 5.07. The molecule has 0 bridgehead atoms. The van der Waals surface area contributed by atoms with Gasteiger partial charge in [0.1, 0.15) is 5.69 Å². The lowest BCUT2D eigenvalue weighted by atomic mass is 9.98. The number of nitrogens with zero attached hydrogens (tertiary/aromatic N) is 2. The highest BCUT2D eigenvalue weighted by molar-refractivity contribution is 5.77. The molecule has 0 unspecified atom stereocenters. The van der Waals surface area contributed by atoms with Crippen LogP contribution in [-0.2, 0) is 4.79 Å². The van der Waals surface area contributed by atoms with Crippen LogP contribution in [-0.4, -0.2) is 29.1 Å². The SMILES string of the molecule is Cc1cccc(N2CC(C(=O)O)C2)c1[N+](=O)[O-]. The van der Waals surface area contributed by atoms with E-state index >= 15 is 0 Å². The van der Waals surface area contributed by atoms with E-state index in [0.717, 1.165) is 0 Å². The fourth-order valence-corrected chi connectivity index (χ4v) is 1.97. The molecule has 6 nitrogen and oxygen atoms in total. The quantitative estimate of drug-likeness (QED) is 0.633. The summed E-state index contributed by atoms with van der Waals surface area (Å²) in [5, 5.41) is 19.7. The van der Waals surface area contributed by atoms with Crippen molar-refractivity contribution < 1.29 is 14.8 Å². The van der Waals surface area contributed by atoms with Gasteiger partial charge in [0.25, 0.3) is 5.69 Å². The van der Waals surface area contributed by atoms with Crippen molar-refractivity contribution in [3.05, 3.63) is 33.9 Å². The Labute approximate surface area is 97.6 Å². The van der Waals surface area contributed by atoms with E-state index in [2.05, 4.69) is 0 Å². The van der Waals surface area contributed by atoms with E-state index in [1.807, 2.05) is 0 Å². The van der Waals surface area contributed by atoms with Gasteiger partial charge in [-0.15, -0.1) is 0 Å². The zero-order valence-electron chi connectivity index (χ0n) is 9.29. The molecule has 2 rings (SSSR count). The van der Waals surface area contributed by atoms with Crippen LogP contribution in [0.4, 0.5) is 11.4 Å². The molecule has 1 aliphatic rings. The second-order valence-electron chi connectivity index (χ2n) is 4.14. The van der Waals surface area contributed by atoms with Gasteiger partial charge in [0.2, 0.25) is 0 Å². The lowest BCUT2D eigenvalue weighted by Crippen LogP contribution is -2.50. The number of carbonyl (C=O) groups is 1. The summed E-state index contributed by atoms with van der Waals surface area (Å²) < 4.78 is 0. The van der Waals surface area contributed by atoms with E-state index in [1.165, 1.54) is 0 Å². The average Bonchev–Trinajstić information content (AvgIpc) is 2.13. The van der Waals surface area contributed by atoms with E-state index in [0.29, 0.717) is 24.3 Å². The van der Waals surface area contributed by atoms with Gasteiger partial charge in [0.05, 0.1) is 10.8 Å². The maximum Gasteiger partial charge on any atom is 0.310 e. The molecule has 1 fully saturated rings. The third-order valence-electron chi connectivity index (χ3n) is 2.97. The third-order valence-corrected chi connectivity index (χ3v) is 2.97. The maximum atomic E-state index is 11.0. The first-order valence-electron chi connectivity index (χ1n) is 5.22. The number of hydrogen-bond acceptors (Lipinski definition) is 4. The zero-order chi connectivity index (χ0) is 12.6. The van der Waals surface area contributed by atoms with E-state index in [9.17, 15) is 14.9 Å². The average molecular weight is 236 g/mol. The van der Waals surface area contributed by atoms with E-state index in [1.54, 1.807) is 30.0 Å². The van der Waals surface area contributed by atoms with Crippen LogP contribution in [0.15, 0.2) is 18.2 Å². The van der Waals surface area contributed by atoms with E-state index in [-0.39, 0.29) is 5.69 Å². The predicted molar refractivity (Wildman–Crippen MR) is 61.2 cm³/mol. The van der Waals surface area contributed by atoms with Crippen molar-refractivity contribution >= 4 is 17.3 Å². The molecule has 90 valence electrons. The van der Waals surface area contributed by atoms with Crippen LogP contribution in [0, 0.1) is 23.0 Å². The molecule has 0 spiro atoms. The van der Waals surface area contributed by atoms with Crippen molar-refractivity contribution in [3.8, 4) is 0 Å². The van der Waals surface area contributed by atoms with Crippen LogP contribution in [0.3, 0.4) is 0 Å². The summed E-state index contributed by atoms with van der Waals surface area (Å²) in [5.41, 5.74) is 1.16. The van der Waals surface area contributed by atoms with Gasteiger partial charge in [-0.3, -0.25) is 14.9 Å². The maximum absolute atomic E-state index is 11.0. The summed E-state index contributed by atoms with van der Waals surface area (Å²) >= 11 is 0. The summed E-state index contributed by atoms with van der Waals surface area (Å²) in [6.45, 7) is 2.34. The third kappa shape index (κ3) is 1.93. The second kappa shape index (κ2) is 4.04. The van der Waals surface area contributed by atoms with Crippen LogP contribution in [0.5, 0.6) is 0 Å². The Kier molecular flexibility index (Phi) is 2.71. The van der Waals surface area contributed by atoms with Gasteiger partial charge in [0, 0.05) is 18.7 Å². The number of para-hydroxylation sites is 1. The molecular formula is C11H12N2O4. The summed E-state index contributed by atoms with van der Waals surface area (Å²) in [4.78, 5) is 23.0. The van der Waals surface area contributed by atoms with E-state index in [4.69, 9.17) is 5.11 Å².